The van der Waals surface area contributed by atoms with Crippen molar-refractivity contribution in [2.75, 3.05) is 6.61 Å². The summed E-state index contributed by atoms with van der Waals surface area (Å²) in [5.41, 5.74) is 4.14. The van der Waals surface area contributed by atoms with Crippen LogP contribution in [0.4, 0.5) is 0 Å². The van der Waals surface area contributed by atoms with E-state index in [1.54, 1.807) is 6.92 Å². The van der Waals surface area contributed by atoms with Crippen LogP contribution in [0.1, 0.15) is 51.0 Å². The molecule has 1 aromatic carbocycles. The number of benzene rings is 1. The molecule has 0 aromatic heterocycles. The number of dihydropyridines is 1. The van der Waals surface area contributed by atoms with E-state index in [1.165, 1.54) is 0 Å². The maximum atomic E-state index is 12.7. The molecule has 0 radical (unpaired) electrons. The third-order valence-corrected chi connectivity index (χ3v) is 4.64. The number of carbonyl (C=O) groups is 2. The molecule has 0 saturated carbocycles. The Bertz CT molecular complexity index is 716. The summed E-state index contributed by atoms with van der Waals surface area (Å²) in [4.78, 5) is 25.3. The molecule has 0 spiro atoms. The second-order valence-electron chi connectivity index (χ2n) is 6.10. The van der Waals surface area contributed by atoms with Gasteiger partial charge >= 0.3 is 5.97 Å². The highest BCUT2D eigenvalue weighted by Crippen LogP contribution is 2.42. The molecule has 0 bridgehead atoms. The normalized spacial score (nSPS) is 20.6. The smallest absolute Gasteiger partial charge is 0.336 e. The number of hydrogen-bond acceptors (Lipinski definition) is 4. The zero-order chi connectivity index (χ0) is 17.1. The highest BCUT2D eigenvalue weighted by Gasteiger charge is 2.39. The van der Waals surface area contributed by atoms with E-state index < -0.39 is 0 Å². The summed E-state index contributed by atoms with van der Waals surface area (Å²) in [6.45, 7) is 4.13. The quantitative estimate of drug-likeness (QED) is 0.859. The van der Waals surface area contributed by atoms with Gasteiger partial charge in [-0.15, -0.1) is 0 Å². The van der Waals surface area contributed by atoms with Crippen LogP contribution in [-0.2, 0) is 14.3 Å². The lowest BCUT2D eigenvalue weighted by Crippen LogP contribution is -2.35. The summed E-state index contributed by atoms with van der Waals surface area (Å²) in [7, 11) is 0. The zero-order valence-corrected chi connectivity index (χ0v) is 14.2. The van der Waals surface area contributed by atoms with Crippen molar-refractivity contribution in [3.05, 3.63) is 58.4 Å². The molecule has 0 unspecified atom stereocenters. The van der Waals surface area contributed by atoms with E-state index in [1.807, 2.05) is 37.3 Å². The van der Waals surface area contributed by atoms with Crippen molar-refractivity contribution in [1.29, 1.82) is 0 Å². The van der Waals surface area contributed by atoms with Crippen molar-refractivity contribution in [2.45, 2.75) is 45.4 Å². The number of esters is 1. The van der Waals surface area contributed by atoms with Crippen molar-refractivity contribution in [3.8, 4) is 0 Å². The third-order valence-electron chi connectivity index (χ3n) is 4.64. The lowest BCUT2D eigenvalue weighted by atomic mass is 9.75. The van der Waals surface area contributed by atoms with Crippen LogP contribution in [0.5, 0.6) is 0 Å². The average Bonchev–Trinajstić information content (AvgIpc) is 2.61. The molecule has 4 nitrogen and oxygen atoms in total. The molecule has 1 heterocycles. The molecule has 24 heavy (non-hydrogen) atoms. The van der Waals surface area contributed by atoms with Gasteiger partial charge in [-0.3, -0.25) is 4.79 Å². The number of ether oxygens (including phenoxy) is 1. The first kappa shape index (κ1) is 16.5. The van der Waals surface area contributed by atoms with E-state index in [-0.39, 0.29) is 17.7 Å². The lowest BCUT2D eigenvalue weighted by Gasteiger charge is -2.34. The summed E-state index contributed by atoms with van der Waals surface area (Å²) in [6, 6.07) is 9.79. The summed E-state index contributed by atoms with van der Waals surface area (Å²) in [5, 5.41) is 3.36. The molecule has 0 saturated heterocycles. The molecule has 0 amide bonds. The first-order valence-corrected chi connectivity index (χ1v) is 8.65. The van der Waals surface area contributed by atoms with E-state index >= 15 is 0 Å². The topological polar surface area (TPSA) is 55.4 Å². The fraction of sp³-hybridized carbons (Fsp3) is 0.400. The lowest BCUT2D eigenvalue weighted by molar-refractivity contribution is -0.138. The summed E-state index contributed by atoms with van der Waals surface area (Å²) in [5.74, 6) is -0.528. The van der Waals surface area contributed by atoms with Gasteiger partial charge in [0.15, 0.2) is 5.78 Å². The molecular weight excluding hydrogens is 302 g/mol. The molecule has 1 aliphatic heterocycles. The van der Waals surface area contributed by atoms with Gasteiger partial charge in [-0.25, -0.2) is 4.79 Å². The minimum Gasteiger partial charge on any atom is -0.463 e. The number of allylic oxidation sites excluding steroid dienone is 3. The van der Waals surface area contributed by atoms with E-state index in [0.29, 0.717) is 25.0 Å². The van der Waals surface area contributed by atoms with Crippen LogP contribution in [0.2, 0.25) is 0 Å². The fourth-order valence-electron chi connectivity index (χ4n) is 3.60. The van der Waals surface area contributed by atoms with Crippen LogP contribution in [0.25, 0.3) is 0 Å². The molecule has 0 fully saturated rings. The highest BCUT2D eigenvalue weighted by molar-refractivity contribution is 6.03. The second kappa shape index (κ2) is 7.04. The standard InChI is InChI=1S/C20H23NO3/c1-3-14-19(20(23)24-4-2)17(13-9-6-5-7-10-13)18-15(21-14)11-8-12-16(18)22/h5-7,9-10,17,21H,3-4,8,11-12H2,1-2H3/t17-/m0/s1. The minimum absolute atomic E-state index is 0.134. The monoisotopic (exact) mass is 325 g/mol. The van der Waals surface area contributed by atoms with Crippen LogP contribution in [0.15, 0.2) is 52.9 Å². The second-order valence-corrected chi connectivity index (χ2v) is 6.10. The maximum Gasteiger partial charge on any atom is 0.336 e. The van der Waals surface area contributed by atoms with E-state index in [2.05, 4.69) is 5.32 Å². The van der Waals surface area contributed by atoms with Crippen LogP contribution < -0.4 is 5.32 Å². The Balaban J connectivity index is 2.17. The van der Waals surface area contributed by atoms with E-state index in [9.17, 15) is 9.59 Å². The molecule has 1 aromatic rings. The first-order valence-electron chi connectivity index (χ1n) is 8.65. The molecule has 126 valence electrons. The SMILES string of the molecule is CCOC(=O)C1=C(CC)NC2=C(C(=O)CCC2)[C@@H]1c1ccccc1. The van der Waals surface area contributed by atoms with Gasteiger partial charge in [-0.2, -0.15) is 0 Å². The Morgan fingerprint density at radius 3 is 2.62 bits per heavy atom. The average molecular weight is 325 g/mol. The number of rotatable bonds is 4. The Kier molecular flexibility index (Phi) is 4.84. The van der Waals surface area contributed by atoms with Crippen LogP contribution in [0.3, 0.4) is 0 Å². The van der Waals surface area contributed by atoms with Crippen LogP contribution >= 0.6 is 0 Å². The Morgan fingerprint density at radius 1 is 1.21 bits per heavy atom. The van der Waals surface area contributed by atoms with Gasteiger partial charge in [0.25, 0.3) is 0 Å². The van der Waals surface area contributed by atoms with Crippen molar-refractivity contribution < 1.29 is 14.3 Å². The van der Waals surface area contributed by atoms with Gasteiger partial charge < -0.3 is 10.1 Å². The number of carbonyl (C=O) groups excluding carboxylic acids is 2. The van der Waals surface area contributed by atoms with Crippen LogP contribution in [-0.4, -0.2) is 18.4 Å². The molecular formula is C20H23NO3. The molecule has 4 heteroatoms. The van der Waals surface area contributed by atoms with Crippen molar-refractivity contribution >= 4 is 11.8 Å². The third kappa shape index (κ3) is 2.88. The van der Waals surface area contributed by atoms with Crippen molar-refractivity contribution in [2.24, 2.45) is 0 Å². The summed E-state index contributed by atoms with van der Waals surface area (Å²) in [6.07, 6.45) is 2.95. The fourth-order valence-corrected chi connectivity index (χ4v) is 3.60. The molecule has 1 atom stereocenters. The van der Waals surface area contributed by atoms with E-state index in [0.717, 1.165) is 35.4 Å². The number of nitrogens with one attached hydrogen (secondary N) is 1. The van der Waals surface area contributed by atoms with Gasteiger partial charge in [-0.05, 0) is 31.7 Å². The number of Topliss-reactive ketones (excluding diaryl/α,β-unsaturated/α-hetero) is 1. The minimum atomic E-state index is -0.333. The van der Waals surface area contributed by atoms with Gasteiger partial charge in [0.05, 0.1) is 12.2 Å². The van der Waals surface area contributed by atoms with Gasteiger partial charge in [0, 0.05) is 29.3 Å². The zero-order valence-electron chi connectivity index (χ0n) is 14.2. The Hall–Kier alpha value is -2.36. The van der Waals surface area contributed by atoms with Crippen molar-refractivity contribution in [3.63, 3.8) is 0 Å². The van der Waals surface area contributed by atoms with Gasteiger partial charge in [0.1, 0.15) is 0 Å². The van der Waals surface area contributed by atoms with Gasteiger partial charge in [-0.1, -0.05) is 37.3 Å². The van der Waals surface area contributed by atoms with E-state index in [4.69, 9.17) is 4.74 Å². The molecule has 2 aliphatic rings. The molecule has 1 N–H and O–H groups in total. The van der Waals surface area contributed by atoms with Gasteiger partial charge in [0.2, 0.25) is 0 Å². The highest BCUT2D eigenvalue weighted by atomic mass is 16.5. The summed E-state index contributed by atoms with van der Waals surface area (Å²) < 4.78 is 5.31. The predicted octanol–water partition coefficient (Wildman–Crippen LogP) is 3.61. The van der Waals surface area contributed by atoms with Crippen LogP contribution in [0, 0.1) is 0 Å². The Morgan fingerprint density at radius 2 is 1.96 bits per heavy atom. The molecule has 1 aliphatic carbocycles. The predicted molar refractivity (Wildman–Crippen MR) is 92.2 cm³/mol. The number of hydrogen-bond donors (Lipinski definition) is 1. The first-order chi connectivity index (χ1) is 11.7. The largest absolute Gasteiger partial charge is 0.463 e. The van der Waals surface area contributed by atoms with Crippen molar-refractivity contribution in [1.82, 2.24) is 5.32 Å². The maximum absolute atomic E-state index is 12.7. The summed E-state index contributed by atoms with van der Waals surface area (Å²) >= 11 is 0. The Labute approximate surface area is 142 Å². The molecule has 3 rings (SSSR count). The number of ketones is 1.